The molecule has 0 saturated heterocycles. The summed E-state index contributed by atoms with van der Waals surface area (Å²) in [5.41, 5.74) is 2.57. The molecule has 2 atom stereocenters. The van der Waals surface area contributed by atoms with Crippen molar-refractivity contribution in [2.75, 3.05) is 0 Å². The first kappa shape index (κ1) is 11.3. The Morgan fingerprint density at radius 1 is 1.06 bits per heavy atom. The Hall–Kier alpha value is -0.820. The van der Waals surface area contributed by atoms with Crippen molar-refractivity contribution < 1.29 is 5.11 Å². The van der Waals surface area contributed by atoms with Crippen LogP contribution in [0.2, 0.25) is 0 Å². The van der Waals surface area contributed by atoms with Gasteiger partial charge in [-0.05, 0) is 54.6 Å². The third-order valence-corrected chi connectivity index (χ3v) is 4.72. The third-order valence-electron chi connectivity index (χ3n) is 4.72. The van der Waals surface area contributed by atoms with Crippen LogP contribution in [0.25, 0.3) is 0 Å². The predicted molar refractivity (Wildman–Crippen MR) is 69.9 cm³/mol. The van der Waals surface area contributed by atoms with Gasteiger partial charge in [0, 0.05) is 0 Å². The maximum absolute atomic E-state index is 10.3. The molecule has 2 unspecified atom stereocenters. The van der Waals surface area contributed by atoms with Gasteiger partial charge in [0.05, 0.1) is 6.10 Å². The lowest BCUT2D eigenvalue weighted by molar-refractivity contribution is 0.106. The van der Waals surface area contributed by atoms with E-state index in [0.29, 0.717) is 5.92 Å². The highest BCUT2D eigenvalue weighted by molar-refractivity contribution is 5.28. The molecule has 0 heterocycles. The zero-order valence-electron chi connectivity index (χ0n) is 10.6. The van der Waals surface area contributed by atoms with E-state index < -0.39 is 0 Å². The highest BCUT2D eigenvalue weighted by atomic mass is 16.3. The second-order valence-electron chi connectivity index (χ2n) is 5.94. The average Bonchev–Trinajstić information content (AvgIpc) is 3.10. The molecule has 17 heavy (non-hydrogen) atoms. The number of benzene rings is 1. The van der Waals surface area contributed by atoms with Crippen LogP contribution in [0.5, 0.6) is 0 Å². The van der Waals surface area contributed by atoms with E-state index in [9.17, 15) is 5.11 Å². The van der Waals surface area contributed by atoms with Crippen molar-refractivity contribution in [1.29, 1.82) is 0 Å². The van der Waals surface area contributed by atoms with Crippen molar-refractivity contribution in [1.82, 2.24) is 0 Å². The molecule has 0 amide bonds. The lowest BCUT2D eigenvalue weighted by Crippen LogP contribution is -2.12. The molecule has 92 valence electrons. The number of hydrogen-bond acceptors (Lipinski definition) is 1. The highest BCUT2D eigenvalue weighted by Crippen LogP contribution is 2.43. The summed E-state index contributed by atoms with van der Waals surface area (Å²) in [6.07, 6.45) is 6.42. The van der Waals surface area contributed by atoms with Crippen molar-refractivity contribution in [2.24, 2.45) is 11.8 Å². The Balaban J connectivity index is 1.69. The monoisotopic (exact) mass is 230 g/mol. The van der Waals surface area contributed by atoms with E-state index in [1.807, 2.05) is 0 Å². The van der Waals surface area contributed by atoms with Crippen LogP contribution < -0.4 is 0 Å². The van der Waals surface area contributed by atoms with E-state index in [-0.39, 0.29) is 6.10 Å². The molecule has 1 N–H and O–H groups in total. The molecule has 1 nitrogen and oxygen atoms in total. The Bertz CT molecular complexity index is 373. The predicted octanol–water partition coefficient (Wildman–Crippen LogP) is 4.03. The van der Waals surface area contributed by atoms with Gasteiger partial charge in [0.1, 0.15) is 0 Å². The first-order chi connectivity index (χ1) is 8.25. The molecular formula is C16H22O. The fourth-order valence-corrected chi connectivity index (χ4v) is 2.89. The molecule has 1 heteroatoms. The van der Waals surface area contributed by atoms with Crippen LogP contribution in [0.3, 0.4) is 0 Å². The van der Waals surface area contributed by atoms with E-state index in [1.54, 1.807) is 0 Å². The minimum absolute atomic E-state index is 0.266. The van der Waals surface area contributed by atoms with Gasteiger partial charge in [0.15, 0.2) is 0 Å². The Kier molecular flexibility index (Phi) is 2.96. The van der Waals surface area contributed by atoms with Gasteiger partial charge < -0.3 is 5.11 Å². The van der Waals surface area contributed by atoms with Gasteiger partial charge >= 0.3 is 0 Å². The maximum atomic E-state index is 10.3. The van der Waals surface area contributed by atoms with E-state index >= 15 is 0 Å². The van der Waals surface area contributed by atoms with Crippen LogP contribution >= 0.6 is 0 Å². The minimum Gasteiger partial charge on any atom is -0.388 e. The molecule has 0 aliphatic heterocycles. The summed E-state index contributed by atoms with van der Waals surface area (Å²) in [5.74, 6) is 1.97. The Labute approximate surface area is 104 Å². The molecule has 2 aliphatic rings. The summed E-state index contributed by atoms with van der Waals surface area (Å²) < 4.78 is 0. The molecule has 0 spiro atoms. The van der Waals surface area contributed by atoms with E-state index in [4.69, 9.17) is 0 Å². The third kappa shape index (κ3) is 2.26. The molecule has 1 aromatic rings. The van der Waals surface area contributed by atoms with Gasteiger partial charge in [-0.1, -0.05) is 37.6 Å². The van der Waals surface area contributed by atoms with Gasteiger partial charge in [-0.3, -0.25) is 0 Å². The van der Waals surface area contributed by atoms with E-state index in [2.05, 4.69) is 31.2 Å². The molecule has 1 aromatic carbocycles. The highest BCUT2D eigenvalue weighted by Gasteiger charge is 2.33. The summed E-state index contributed by atoms with van der Waals surface area (Å²) in [7, 11) is 0. The summed E-state index contributed by atoms with van der Waals surface area (Å²) >= 11 is 0. The van der Waals surface area contributed by atoms with Gasteiger partial charge in [0.25, 0.3) is 0 Å². The Morgan fingerprint density at radius 3 is 2.18 bits per heavy atom. The minimum atomic E-state index is -0.266. The van der Waals surface area contributed by atoms with Crippen LogP contribution in [-0.2, 0) is 0 Å². The van der Waals surface area contributed by atoms with Crippen LogP contribution in [-0.4, -0.2) is 5.11 Å². The maximum Gasteiger partial charge on any atom is 0.0818 e. The lowest BCUT2D eigenvalue weighted by atomic mass is 9.79. The summed E-state index contributed by atoms with van der Waals surface area (Å²) in [6, 6.07) is 8.72. The van der Waals surface area contributed by atoms with Crippen molar-refractivity contribution in [3.05, 3.63) is 35.4 Å². The van der Waals surface area contributed by atoms with E-state index in [0.717, 1.165) is 17.4 Å². The zero-order chi connectivity index (χ0) is 11.8. The Morgan fingerprint density at radius 2 is 1.71 bits per heavy atom. The molecule has 3 rings (SSSR count). The molecule has 2 fully saturated rings. The fourth-order valence-electron chi connectivity index (χ4n) is 2.89. The average molecular weight is 230 g/mol. The van der Waals surface area contributed by atoms with E-state index in [1.165, 1.54) is 37.7 Å². The molecular weight excluding hydrogens is 208 g/mol. The van der Waals surface area contributed by atoms with Crippen molar-refractivity contribution >= 4 is 0 Å². The van der Waals surface area contributed by atoms with Gasteiger partial charge in [-0.25, -0.2) is 0 Å². The number of hydrogen-bond donors (Lipinski definition) is 1. The summed E-state index contributed by atoms with van der Waals surface area (Å²) in [4.78, 5) is 0. The molecule has 0 bridgehead atoms. The molecule has 0 aromatic heterocycles. The normalized spacial score (nSPS) is 24.1. The first-order valence-electron chi connectivity index (χ1n) is 7.03. The van der Waals surface area contributed by atoms with Crippen molar-refractivity contribution in [2.45, 2.75) is 51.0 Å². The van der Waals surface area contributed by atoms with Crippen molar-refractivity contribution in [3.63, 3.8) is 0 Å². The standard InChI is InChI=1S/C16H22O/c1-11(12-5-6-12)16(17)15-9-7-14(8-10-15)13-3-2-4-13/h7-13,16-17H,2-6H2,1H3. The summed E-state index contributed by atoms with van der Waals surface area (Å²) in [6.45, 7) is 2.18. The van der Waals surface area contributed by atoms with Gasteiger partial charge in [-0.2, -0.15) is 0 Å². The second-order valence-corrected chi connectivity index (χ2v) is 5.94. The lowest BCUT2D eigenvalue weighted by Gasteiger charge is -2.26. The van der Waals surface area contributed by atoms with Crippen LogP contribution in [0.4, 0.5) is 0 Å². The van der Waals surface area contributed by atoms with Gasteiger partial charge in [-0.15, -0.1) is 0 Å². The molecule has 0 radical (unpaired) electrons. The second kappa shape index (κ2) is 4.45. The smallest absolute Gasteiger partial charge is 0.0818 e. The molecule has 2 aliphatic carbocycles. The topological polar surface area (TPSA) is 20.2 Å². The van der Waals surface area contributed by atoms with Crippen molar-refractivity contribution in [3.8, 4) is 0 Å². The number of rotatable bonds is 4. The SMILES string of the molecule is CC(C1CC1)C(O)c1ccc(C2CCC2)cc1. The zero-order valence-corrected chi connectivity index (χ0v) is 10.6. The van der Waals surface area contributed by atoms with Crippen LogP contribution in [0, 0.1) is 11.8 Å². The van der Waals surface area contributed by atoms with Crippen LogP contribution in [0.1, 0.15) is 62.2 Å². The fraction of sp³-hybridized carbons (Fsp3) is 0.625. The quantitative estimate of drug-likeness (QED) is 0.828. The number of aliphatic hydroxyl groups excluding tert-OH is 1. The first-order valence-corrected chi connectivity index (χ1v) is 7.03. The number of aliphatic hydroxyl groups is 1. The van der Waals surface area contributed by atoms with Crippen LogP contribution in [0.15, 0.2) is 24.3 Å². The van der Waals surface area contributed by atoms with Gasteiger partial charge in [0.2, 0.25) is 0 Å². The largest absolute Gasteiger partial charge is 0.388 e. The summed E-state index contributed by atoms with van der Waals surface area (Å²) in [5, 5.41) is 10.3. The molecule has 2 saturated carbocycles.